The minimum absolute atomic E-state index is 0.0793. The van der Waals surface area contributed by atoms with Crippen LogP contribution in [0, 0.1) is 12.3 Å². The number of hydrogen-bond acceptors (Lipinski definition) is 4. The lowest BCUT2D eigenvalue weighted by Crippen LogP contribution is -2.45. The molecule has 2 aliphatic rings. The van der Waals surface area contributed by atoms with Gasteiger partial charge in [0, 0.05) is 48.0 Å². The van der Waals surface area contributed by atoms with Crippen LogP contribution in [0.3, 0.4) is 0 Å². The molecule has 3 heterocycles. The Morgan fingerprint density at radius 3 is 2.33 bits per heavy atom. The van der Waals surface area contributed by atoms with E-state index in [0.717, 1.165) is 49.1 Å². The Hall–Kier alpha value is -2.09. The highest BCUT2D eigenvalue weighted by Crippen LogP contribution is 2.41. The molecule has 2 saturated heterocycles. The first-order valence-electron chi connectivity index (χ1n) is 10.0. The number of nitrogens with zero attached hydrogens (tertiary/aromatic N) is 4. The van der Waals surface area contributed by atoms with Crippen molar-refractivity contribution in [3.05, 3.63) is 51.3 Å². The van der Waals surface area contributed by atoms with Crippen molar-refractivity contribution in [1.29, 1.82) is 0 Å². The number of piperidine rings is 1. The van der Waals surface area contributed by atoms with Crippen molar-refractivity contribution in [2.45, 2.75) is 32.7 Å². The third-order valence-corrected chi connectivity index (χ3v) is 6.67. The van der Waals surface area contributed by atoms with Crippen LogP contribution in [0.25, 0.3) is 0 Å². The zero-order valence-corrected chi connectivity index (χ0v) is 18.3. The summed E-state index contributed by atoms with van der Waals surface area (Å²) in [4.78, 5) is 28.1. The van der Waals surface area contributed by atoms with Gasteiger partial charge in [0.1, 0.15) is 0 Å². The van der Waals surface area contributed by atoms with Crippen molar-refractivity contribution in [1.82, 2.24) is 19.6 Å². The molecule has 2 fully saturated rings. The lowest BCUT2D eigenvalue weighted by atomic mass is 9.78. The Kier molecular flexibility index (Phi) is 5.79. The zero-order valence-electron chi connectivity index (χ0n) is 16.8. The molecule has 0 bridgehead atoms. The number of carbonyl (C=O) groups excluding carboxylic acids is 1. The first-order chi connectivity index (χ1) is 14.2. The number of rotatable bonds is 3. The highest BCUT2D eigenvalue weighted by Gasteiger charge is 2.41. The lowest BCUT2D eigenvalue weighted by molar-refractivity contribution is 0.0689. The minimum atomic E-state index is -1.12. The van der Waals surface area contributed by atoms with Gasteiger partial charge in [-0.25, -0.2) is 9.59 Å². The van der Waals surface area contributed by atoms with E-state index >= 15 is 0 Å². The molecule has 0 saturated carbocycles. The summed E-state index contributed by atoms with van der Waals surface area (Å²) in [6.45, 7) is 5.76. The van der Waals surface area contributed by atoms with Gasteiger partial charge in [0.05, 0.1) is 0 Å². The standard InChI is InChI=1S/C21H24Cl2N4O3/c1-14-11-27(24-18(14)19(28)29)20(30)26-6-3-21(4-7-26)2-5-25(13-21)12-15-8-16(22)10-17(23)9-15/h8-11H,2-7,12-13H2,1H3,(H,28,29). The molecule has 0 atom stereocenters. The molecule has 9 heteroatoms. The SMILES string of the molecule is Cc1cn(C(=O)N2CCC3(CCN(Cc4cc(Cl)cc(Cl)c4)C3)CC2)nc1C(=O)O. The molecule has 30 heavy (non-hydrogen) atoms. The highest BCUT2D eigenvalue weighted by molar-refractivity contribution is 6.34. The normalized spacial score (nSPS) is 18.8. The van der Waals surface area contributed by atoms with E-state index in [0.29, 0.717) is 28.7 Å². The topological polar surface area (TPSA) is 78.7 Å². The summed E-state index contributed by atoms with van der Waals surface area (Å²) in [6, 6.07) is 5.39. The van der Waals surface area contributed by atoms with Crippen LogP contribution in [0.2, 0.25) is 10.0 Å². The van der Waals surface area contributed by atoms with Gasteiger partial charge in [0.15, 0.2) is 5.69 Å². The Bertz CT molecular complexity index is 962. The van der Waals surface area contributed by atoms with Gasteiger partial charge >= 0.3 is 12.0 Å². The number of carboxylic acids is 1. The predicted molar refractivity (Wildman–Crippen MR) is 114 cm³/mol. The van der Waals surface area contributed by atoms with Gasteiger partial charge in [-0.15, -0.1) is 0 Å². The van der Waals surface area contributed by atoms with Gasteiger partial charge in [-0.05, 0) is 61.9 Å². The fourth-order valence-corrected chi connectivity index (χ4v) is 5.19. The Morgan fingerprint density at radius 2 is 1.73 bits per heavy atom. The smallest absolute Gasteiger partial charge is 0.356 e. The quantitative estimate of drug-likeness (QED) is 0.759. The predicted octanol–water partition coefficient (Wildman–Crippen LogP) is 4.15. The van der Waals surface area contributed by atoms with Crippen molar-refractivity contribution in [3.63, 3.8) is 0 Å². The second kappa shape index (κ2) is 8.21. The van der Waals surface area contributed by atoms with Crippen LogP contribution >= 0.6 is 23.2 Å². The number of aromatic carboxylic acids is 1. The third kappa shape index (κ3) is 4.33. The van der Waals surface area contributed by atoms with Crippen LogP contribution in [0.4, 0.5) is 4.79 Å². The fraction of sp³-hybridized carbons (Fsp3) is 0.476. The molecule has 1 aromatic carbocycles. The van der Waals surface area contributed by atoms with Crippen molar-refractivity contribution >= 4 is 35.2 Å². The summed E-state index contributed by atoms with van der Waals surface area (Å²) in [7, 11) is 0. The van der Waals surface area contributed by atoms with E-state index in [1.54, 1.807) is 17.9 Å². The molecule has 2 aliphatic heterocycles. The molecular formula is C21H24Cl2N4O3. The number of likely N-dealkylation sites (tertiary alicyclic amines) is 2. The van der Waals surface area contributed by atoms with Crippen molar-refractivity contribution in [2.75, 3.05) is 26.2 Å². The summed E-state index contributed by atoms with van der Waals surface area (Å²) in [5, 5.41) is 14.4. The van der Waals surface area contributed by atoms with Gasteiger partial charge in [-0.1, -0.05) is 23.2 Å². The van der Waals surface area contributed by atoms with Gasteiger partial charge < -0.3 is 10.0 Å². The highest BCUT2D eigenvalue weighted by atomic mass is 35.5. The van der Waals surface area contributed by atoms with Gasteiger partial charge in [0.25, 0.3) is 0 Å². The number of benzene rings is 1. The molecule has 7 nitrogen and oxygen atoms in total. The van der Waals surface area contributed by atoms with Crippen LogP contribution < -0.4 is 0 Å². The molecule has 0 unspecified atom stereocenters. The summed E-state index contributed by atoms with van der Waals surface area (Å²) in [5.74, 6) is -1.12. The monoisotopic (exact) mass is 450 g/mol. The molecule has 160 valence electrons. The van der Waals surface area contributed by atoms with E-state index < -0.39 is 5.97 Å². The number of halogens is 2. The van der Waals surface area contributed by atoms with Gasteiger partial charge in [-0.2, -0.15) is 9.78 Å². The second-order valence-electron chi connectivity index (χ2n) is 8.42. The Labute approximate surface area is 185 Å². The number of aromatic nitrogens is 2. The lowest BCUT2D eigenvalue weighted by Gasteiger charge is -2.39. The summed E-state index contributed by atoms with van der Waals surface area (Å²) in [5.41, 5.74) is 1.73. The summed E-state index contributed by atoms with van der Waals surface area (Å²) in [6.07, 6.45) is 4.45. The van der Waals surface area contributed by atoms with Crippen LogP contribution in [0.1, 0.15) is 40.9 Å². The van der Waals surface area contributed by atoms with Crippen molar-refractivity contribution < 1.29 is 14.7 Å². The molecule has 0 aliphatic carbocycles. The third-order valence-electron chi connectivity index (χ3n) is 6.24. The molecule has 0 radical (unpaired) electrons. The molecule has 1 N–H and O–H groups in total. The van der Waals surface area contributed by atoms with Crippen LogP contribution in [-0.4, -0.2) is 62.9 Å². The molecule has 1 spiro atoms. The second-order valence-corrected chi connectivity index (χ2v) is 9.29. The average Bonchev–Trinajstić information content (AvgIpc) is 3.25. The average molecular weight is 451 g/mol. The Balaban J connectivity index is 1.35. The van der Waals surface area contributed by atoms with E-state index in [9.17, 15) is 9.59 Å². The fourth-order valence-electron chi connectivity index (χ4n) is 4.62. The van der Waals surface area contributed by atoms with E-state index in [1.165, 1.54) is 6.20 Å². The van der Waals surface area contributed by atoms with Crippen LogP contribution in [-0.2, 0) is 6.54 Å². The number of carboxylic acid groups (broad SMARTS) is 1. The maximum atomic E-state index is 12.8. The molecule has 4 rings (SSSR count). The van der Waals surface area contributed by atoms with E-state index in [2.05, 4.69) is 10.00 Å². The van der Waals surface area contributed by atoms with Crippen molar-refractivity contribution in [3.8, 4) is 0 Å². The van der Waals surface area contributed by atoms with Crippen molar-refractivity contribution in [2.24, 2.45) is 5.41 Å². The van der Waals surface area contributed by atoms with E-state index in [4.69, 9.17) is 28.3 Å². The number of aryl methyl sites for hydroxylation is 1. The Morgan fingerprint density at radius 1 is 1.10 bits per heavy atom. The van der Waals surface area contributed by atoms with Crippen LogP contribution in [0.5, 0.6) is 0 Å². The minimum Gasteiger partial charge on any atom is -0.476 e. The zero-order chi connectivity index (χ0) is 21.5. The number of amides is 1. The maximum absolute atomic E-state index is 12.8. The maximum Gasteiger partial charge on any atom is 0.356 e. The van der Waals surface area contributed by atoms with Gasteiger partial charge in [0.2, 0.25) is 0 Å². The molecule has 1 aromatic heterocycles. The van der Waals surface area contributed by atoms with E-state index in [1.807, 2.05) is 12.1 Å². The molecular weight excluding hydrogens is 427 g/mol. The number of hydrogen-bond donors (Lipinski definition) is 1. The first kappa shape index (κ1) is 21.2. The van der Waals surface area contributed by atoms with E-state index in [-0.39, 0.29) is 17.1 Å². The number of carbonyl (C=O) groups is 2. The molecule has 2 aromatic rings. The van der Waals surface area contributed by atoms with Crippen LogP contribution in [0.15, 0.2) is 24.4 Å². The summed E-state index contributed by atoms with van der Waals surface area (Å²) < 4.78 is 1.15. The summed E-state index contributed by atoms with van der Waals surface area (Å²) >= 11 is 12.2. The largest absolute Gasteiger partial charge is 0.476 e. The molecule has 1 amide bonds. The first-order valence-corrected chi connectivity index (χ1v) is 10.8. The van der Waals surface area contributed by atoms with Gasteiger partial charge in [-0.3, -0.25) is 4.90 Å².